The number of pyridine rings is 1. The summed E-state index contributed by atoms with van der Waals surface area (Å²) in [7, 11) is -0.575. The number of carbonyl (C=O) groups is 1. The van der Waals surface area contributed by atoms with Gasteiger partial charge in [-0.15, -0.1) is 0 Å². The van der Waals surface area contributed by atoms with Crippen LogP contribution in [0.2, 0.25) is 0 Å². The smallest absolute Gasteiger partial charge is 0.492 e. The minimum absolute atomic E-state index is 0.0755. The van der Waals surface area contributed by atoms with E-state index in [1.165, 1.54) is 13.1 Å². The highest BCUT2D eigenvalue weighted by Gasteiger charge is 2.52. The number of nitrogens with zero attached hydrogens (tertiary/aromatic N) is 1. The number of aromatic hydroxyl groups is 1. The second-order valence-corrected chi connectivity index (χ2v) is 6.69. The highest BCUT2D eigenvalue weighted by Crippen LogP contribution is 2.38. The van der Waals surface area contributed by atoms with Crippen molar-refractivity contribution >= 4 is 19.1 Å². The van der Waals surface area contributed by atoms with E-state index in [0.717, 1.165) is 5.47 Å². The second kappa shape index (κ2) is 6.33. The van der Waals surface area contributed by atoms with Crippen molar-refractivity contribution in [2.45, 2.75) is 45.8 Å². The average molecular weight is 318 g/mol. The van der Waals surface area contributed by atoms with Crippen molar-refractivity contribution < 1.29 is 19.2 Å². The molecule has 1 fully saturated rings. The van der Waals surface area contributed by atoms with Gasteiger partial charge >= 0.3 is 7.12 Å². The summed E-state index contributed by atoms with van der Waals surface area (Å²) >= 11 is 0. The summed E-state index contributed by atoms with van der Waals surface area (Å²) < 4.78 is 12.1. The van der Waals surface area contributed by atoms with Gasteiger partial charge in [-0.3, -0.25) is 9.78 Å². The Kier molecular flexibility index (Phi) is 4.82. The fourth-order valence-electron chi connectivity index (χ4n) is 2.16. The largest absolute Gasteiger partial charge is 0.506 e. The first-order valence-corrected chi connectivity index (χ1v) is 7.55. The van der Waals surface area contributed by atoms with Gasteiger partial charge in [0.1, 0.15) is 5.75 Å². The van der Waals surface area contributed by atoms with Gasteiger partial charge < -0.3 is 19.7 Å². The lowest BCUT2D eigenvalue weighted by molar-refractivity contribution is -0.118. The zero-order chi connectivity index (χ0) is 17.3. The van der Waals surface area contributed by atoms with E-state index in [2.05, 4.69) is 10.3 Å². The Bertz CT molecular complexity index is 612. The van der Waals surface area contributed by atoms with Gasteiger partial charge in [-0.05, 0) is 44.8 Å². The molecule has 1 aromatic heterocycles. The average Bonchev–Trinajstić information content (AvgIpc) is 2.63. The Morgan fingerprint density at radius 3 is 2.43 bits per heavy atom. The van der Waals surface area contributed by atoms with Crippen LogP contribution < -0.4 is 5.32 Å². The summed E-state index contributed by atoms with van der Waals surface area (Å²) in [5.41, 5.74) is 0.528. The second-order valence-electron chi connectivity index (χ2n) is 6.69. The van der Waals surface area contributed by atoms with Gasteiger partial charge in [0.25, 0.3) is 0 Å². The van der Waals surface area contributed by atoms with Gasteiger partial charge in [-0.1, -0.05) is 6.08 Å². The van der Waals surface area contributed by atoms with E-state index in [-0.39, 0.29) is 11.7 Å². The zero-order valence-electron chi connectivity index (χ0n) is 14.2. The molecule has 0 aliphatic carbocycles. The molecular weight excluding hydrogens is 295 g/mol. The summed E-state index contributed by atoms with van der Waals surface area (Å²) in [5.74, 6) is -0.0620. The molecule has 0 atom stereocenters. The lowest BCUT2D eigenvalue weighted by Crippen LogP contribution is -2.41. The van der Waals surface area contributed by atoms with Crippen LogP contribution in [-0.2, 0) is 14.1 Å². The number of amides is 1. The Morgan fingerprint density at radius 2 is 1.91 bits per heavy atom. The molecule has 124 valence electrons. The number of aromatic nitrogens is 1. The monoisotopic (exact) mass is 318 g/mol. The van der Waals surface area contributed by atoms with Crippen LogP contribution in [0.3, 0.4) is 0 Å². The summed E-state index contributed by atoms with van der Waals surface area (Å²) in [6.45, 7) is 9.63. The summed E-state index contributed by atoms with van der Waals surface area (Å²) in [6, 6.07) is 1.59. The van der Waals surface area contributed by atoms with Gasteiger partial charge in [-0.25, -0.2) is 0 Å². The molecule has 1 saturated heterocycles. The van der Waals surface area contributed by atoms with Gasteiger partial charge in [0.15, 0.2) is 0 Å². The van der Waals surface area contributed by atoms with Crippen LogP contribution in [0.5, 0.6) is 5.75 Å². The Balaban J connectivity index is 2.30. The SMILES string of the molecule is CC(=O)NCC(=Cc1cncc(O)c1)B1OC(C)(C)C(C)(C)O1. The van der Waals surface area contributed by atoms with Crippen LogP contribution in [0.4, 0.5) is 0 Å². The predicted octanol–water partition coefficient (Wildman–Crippen LogP) is 1.94. The van der Waals surface area contributed by atoms with Crippen molar-refractivity contribution in [1.29, 1.82) is 0 Å². The van der Waals surface area contributed by atoms with E-state index in [4.69, 9.17) is 9.31 Å². The topological polar surface area (TPSA) is 80.7 Å². The van der Waals surface area contributed by atoms with E-state index >= 15 is 0 Å². The van der Waals surface area contributed by atoms with Crippen LogP contribution in [0.1, 0.15) is 40.2 Å². The molecule has 0 saturated carbocycles. The fraction of sp³-hybridized carbons (Fsp3) is 0.500. The normalized spacial score (nSPS) is 19.7. The quantitative estimate of drug-likeness (QED) is 0.829. The van der Waals surface area contributed by atoms with E-state index < -0.39 is 18.3 Å². The zero-order valence-corrected chi connectivity index (χ0v) is 14.2. The molecule has 0 spiro atoms. The maximum absolute atomic E-state index is 11.3. The van der Waals surface area contributed by atoms with Crippen molar-refractivity contribution in [1.82, 2.24) is 10.3 Å². The Morgan fingerprint density at radius 1 is 1.30 bits per heavy atom. The minimum Gasteiger partial charge on any atom is -0.506 e. The first-order valence-electron chi connectivity index (χ1n) is 7.55. The summed E-state index contributed by atoms with van der Waals surface area (Å²) in [4.78, 5) is 15.2. The number of nitrogens with one attached hydrogen (secondary N) is 1. The number of hydrogen-bond acceptors (Lipinski definition) is 5. The van der Waals surface area contributed by atoms with Crippen LogP contribution in [0, 0.1) is 0 Å². The van der Waals surface area contributed by atoms with Gasteiger partial charge in [-0.2, -0.15) is 0 Å². The fourth-order valence-corrected chi connectivity index (χ4v) is 2.16. The molecule has 7 heteroatoms. The number of carbonyl (C=O) groups excluding carboxylic acids is 1. The molecule has 1 aliphatic heterocycles. The Hall–Kier alpha value is -1.86. The van der Waals surface area contributed by atoms with Crippen LogP contribution in [0.25, 0.3) is 6.08 Å². The minimum atomic E-state index is -0.575. The van der Waals surface area contributed by atoms with E-state index in [1.54, 1.807) is 12.3 Å². The number of hydrogen-bond donors (Lipinski definition) is 2. The van der Waals surface area contributed by atoms with E-state index in [0.29, 0.717) is 12.1 Å². The molecule has 0 unspecified atom stereocenters. The first-order chi connectivity index (χ1) is 10.6. The Labute approximate surface area is 137 Å². The molecule has 0 bridgehead atoms. The van der Waals surface area contributed by atoms with Crippen molar-refractivity contribution in [3.63, 3.8) is 0 Å². The molecule has 1 aromatic rings. The van der Waals surface area contributed by atoms with Crippen LogP contribution in [-0.4, -0.2) is 40.9 Å². The third-order valence-corrected chi connectivity index (χ3v) is 4.19. The van der Waals surface area contributed by atoms with E-state index in [1.807, 2.05) is 33.8 Å². The van der Waals surface area contributed by atoms with Crippen molar-refractivity contribution in [3.05, 3.63) is 29.5 Å². The maximum atomic E-state index is 11.3. The number of rotatable bonds is 4. The van der Waals surface area contributed by atoms with Gasteiger partial charge in [0, 0.05) is 19.7 Å². The molecule has 1 aliphatic rings. The molecule has 1 amide bonds. The molecule has 0 aromatic carbocycles. The lowest BCUT2D eigenvalue weighted by Gasteiger charge is -2.32. The lowest BCUT2D eigenvalue weighted by atomic mass is 9.77. The highest BCUT2D eigenvalue weighted by atomic mass is 16.7. The third-order valence-electron chi connectivity index (χ3n) is 4.19. The van der Waals surface area contributed by atoms with Crippen LogP contribution in [0.15, 0.2) is 23.9 Å². The molecule has 2 heterocycles. The third kappa shape index (κ3) is 4.12. The summed E-state index contributed by atoms with van der Waals surface area (Å²) in [5, 5.41) is 12.3. The van der Waals surface area contributed by atoms with Gasteiger partial charge in [0.05, 0.1) is 17.4 Å². The molecule has 0 radical (unpaired) electrons. The van der Waals surface area contributed by atoms with Crippen molar-refractivity contribution in [3.8, 4) is 5.75 Å². The predicted molar refractivity (Wildman–Crippen MR) is 88.6 cm³/mol. The maximum Gasteiger partial charge on any atom is 0.492 e. The van der Waals surface area contributed by atoms with Crippen LogP contribution >= 0.6 is 0 Å². The molecule has 23 heavy (non-hydrogen) atoms. The first kappa shape index (κ1) is 17.5. The molecule has 6 nitrogen and oxygen atoms in total. The van der Waals surface area contributed by atoms with E-state index in [9.17, 15) is 9.90 Å². The molecular formula is C16H23BN2O4. The van der Waals surface area contributed by atoms with Gasteiger partial charge in [0.2, 0.25) is 5.91 Å². The highest BCUT2D eigenvalue weighted by molar-refractivity contribution is 6.56. The molecule has 2 N–H and O–H groups in total. The van der Waals surface area contributed by atoms with Crippen molar-refractivity contribution in [2.24, 2.45) is 0 Å². The standard InChI is InChI=1S/C16H23BN2O4/c1-11(20)19-9-13(6-12-7-14(21)10-18-8-12)17-22-15(2,3)16(4,5)23-17/h6-8,10,21H,9H2,1-5H3,(H,19,20). The van der Waals surface area contributed by atoms with Crippen molar-refractivity contribution in [2.75, 3.05) is 6.54 Å². The summed E-state index contributed by atoms with van der Waals surface area (Å²) in [6.07, 6.45) is 4.79. The molecule has 2 rings (SSSR count).